The van der Waals surface area contributed by atoms with Gasteiger partial charge in [-0.2, -0.15) is 0 Å². The first-order valence-electron chi connectivity index (χ1n) is 3.89. The monoisotopic (exact) mass is 139 g/mol. The summed E-state index contributed by atoms with van der Waals surface area (Å²) in [6, 6.07) is 0.516. The van der Waals surface area contributed by atoms with Gasteiger partial charge in [-0.15, -0.1) is 0 Å². The Morgan fingerprint density at radius 1 is 1.50 bits per heavy atom. The number of hydrogen-bond donors (Lipinski definition) is 1. The Hall–Kier alpha value is -0.530. The zero-order valence-corrected chi connectivity index (χ0v) is 6.48. The fourth-order valence-corrected chi connectivity index (χ4v) is 2.18. The largest absolute Gasteiger partial charge is 0.352 e. The molecule has 0 aromatic carbocycles. The molecule has 2 nitrogen and oxygen atoms in total. The number of amides is 1. The molecule has 0 spiro atoms. The van der Waals surface area contributed by atoms with Crippen LogP contribution in [0.15, 0.2) is 0 Å². The summed E-state index contributed by atoms with van der Waals surface area (Å²) in [7, 11) is 0. The first kappa shape index (κ1) is 6.20. The van der Waals surface area contributed by atoms with Crippen LogP contribution in [0.3, 0.4) is 0 Å². The van der Waals surface area contributed by atoms with Crippen LogP contribution in [0, 0.1) is 11.3 Å². The fourth-order valence-electron chi connectivity index (χ4n) is 2.18. The SMILES string of the molecule is CC1(C)CC2NC(=O)C2C1. The van der Waals surface area contributed by atoms with Gasteiger partial charge in [0, 0.05) is 6.04 Å². The van der Waals surface area contributed by atoms with Crippen molar-refractivity contribution in [2.45, 2.75) is 32.7 Å². The summed E-state index contributed by atoms with van der Waals surface area (Å²) in [6.07, 6.45) is 2.26. The minimum absolute atomic E-state index is 0.274. The van der Waals surface area contributed by atoms with Gasteiger partial charge in [0.15, 0.2) is 0 Å². The molecule has 0 radical (unpaired) electrons. The van der Waals surface area contributed by atoms with Gasteiger partial charge in [0.1, 0.15) is 0 Å². The van der Waals surface area contributed by atoms with E-state index in [9.17, 15) is 4.79 Å². The van der Waals surface area contributed by atoms with Gasteiger partial charge in [-0.05, 0) is 18.3 Å². The van der Waals surface area contributed by atoms with Gasteiger partial charge >= 0.3 is 0 Å². The molecule has 2 rings (SSSR count). The maximum atomic E-state index is 10.9. The fraction of sp³-hybridized carbons (Fsp3) is 0.875. The number of carbonyl (C=O) groups excluding carboxylic acids is 1. The van der Waals surface area contributed by atoms with Crippen LogP contribution in [0.25, 0.3) is 0 Å². The maximum Gasteiger partial charge on any atom is 0.225 e. The van der Waals surface area contributed by atoms with Crippen molar-refractivity contribution >= 4 is 5.91 Å². The van der Waals surface area contributed by atoms with Crippen LogP contribution in [0.2, 0.25) is 0 Å². The molecule has 2 heteroatoms. The van der Waals surface area contributed by atoms with Crippen LogP contribution in [-0.2, 0) is 4.79 Å². The third-order valence-corrected chi connectivity index (χ3v) is 2.70. The zero-order valence-electron chi connectivity index (χ0n) is 6.48. The van der Waals surface area contributed by atoms with Gasteiger partial charge in [-0.3, -0.25) is 4.79 Å². The van der Waals surface area contributed by atoms with Gasteiger partial charge in [0.25, 0.3) is 0 Å². The van der Waals surface area contributed by atoms with Crippen molar-refractivity contribution < 1.29 is 4.79 Å². The summed E-state index contributed by atoms with van der Waals surface area (Å²) in [4.78, 5) is 10.9. The maximum absolute atomic E-state index is 10.9. The summed E-state index contributed by atoms with van der Waals surface area (Å²) in [5, 5.41) is 2.92. The van der Waals surface area contributed by atoms with E-state index in [1.165, 1.54) is 6.42 Å². The summed E-state index contributed by atoms with van der Waals surface area (Å²) >= 11 is 0. The normalized spacial score (nSPS) is 42.0. The first-order valence-corrected chi connectivity index (χ1v) is 3.89. The molecular formula is C8H13NO. The van der Waals surface area contributed by atoms with Crippen LogP contribution in [0.1, 0.15) is 26.7 Å². The van der Waals surface area contributed by atoms with Crippen molar-refractivity contribution in [2.75, 3.05) is 0 Å². The van der Waals surface area contributed by atoms with Gasteiger partial charge in [0.05, 0.1) is 5.92 Å². The molecule has 1 saturated heterocycles. The number of nitrogens with one attached hydrogen (secondary N) is 1. The Balaban J connectivity index is 2.12. The number of rotatable bonds is 0. The Kier molecular flexibility index (Phi) is 0.960. The molecule has 2 fully saturated rings. The summed E-state index contributed by atoms with van der Waals surface area (Å²) in [6.45, 7) is 4.47. The number of carbonyl (C=O) groups is 1. The smallest absolute Gasteiger partial charge is 0.225 e. The molecule has 0 aromatic heterocycles. The van der Waals surface area contributed by atoms with Crippen LogP contribution in [0.4, 0.5) is 0 Å². The second-order valence-corrected chi connectivity index (χ2v) is 4.29. The summed E-state index contributed by atoms with van der Waals surface area (Å²) in [5.41, 5.74) is 0.397. The zero-order chi connectivity index (χ0) is 7.35. The lowest BCUT2D eigenvalue weighted by molar-refractivity contribution is -0.133. The third kappa shape index (κ3) is 0.678. The van der Waals surface area contributed by atoms with E-state index in [-0.39, 0.29) is 5.91 Å². The molecule has 2 unspecified atom stereocenters. The lowest BCUT2D eigenvalue weighted by Gasteiger charge is -2.30. The van der Waals surface area contributed by atoms with Crippen molar-refractivity contribution in [1.29, 1.82) is 0 Å². The molecule has 2 aliphatic rings. The van der Waals surface area contributed by atoms with E-state index >= 15 is 0 Å². The molecule has 56 valence electrons. The molecule has 2 atom stereocenters. The van der Waals surface area contributed by atoms with E-state index in [1.807, 2.05) is 0 Å². The van der Waals surface area contributed by atoms with Crippen LogP contribution < -0.4 is 5.32 Å². The highest BCUT2D eigenvalue weighted by atomic mass is 16.2. The van der Waals surface area contributed by atoms with Crippen LogP contribution in [-0.4, -0.2) is 11.9 Å². The molecule has 1 amide bonds. The highest BCUT2D eigenvalue weighted by Crippen LogP contribution is 2.44. The third-order valence-electron chi connectivity index (χ3n) is 2.70. The quantitative estimate of drug-likeness (QED) is 0.497. The molecular weight excluding hydrogens is 126 g/mol. The Morgan fingerprint density at radius 2 is 2.20 bits per heavy atom. The molecule has 1 aliphatic carbocycles. The molecule has 1 heterocycles. The minimum Gasteiger partial charge on any atom is -0.352 e. The second kappa shape index (κ2) is 1.55. The predicted octanol–water partition coefficient (Wildman–Crippen LogP) is 0.921. The Labute approximate surface area is 61.0 Å². The van der Waals surface area contributed by atoms with E-state index < -0.39 is 0 Å². The van der Waals surface area contributed by atoms with Crippen LogP contribution >= 0.6 is 0 Å². The second-order valence-electron chi connectivity index (χ2n) is 4.29. The Bertz CT molecular complexity index is 186. The lowest BCUT2D eigenvalue weighted by Crippen LogP contribution is -2.54. The predicted molar refractivity (Wildman–Crippen MR) is 38.4 cm³/mol. The van der Waals surface area contributed by atoms with Crippen molar-refractivity contribution in [2.24, 2.45) is 11.3 Å². The average Bonchev–Trinajstić information content (AvgIpc) is 2.04. The van der Waals surface area contributed by atoms with E-state index in [0.717, 1.165) is 6.42 Å². The van der Waals surface area contributed by atoms with Crippen molar-refractivity contribution in [3.63, 3.8) is 0 Å². The van der Waals surface area contributed by atoms with E-state index in [2.05, 4.69) is 19.2 Å². The standard InChI is InChI=1S/C8H13NO/c1-8(2)3-5-6(4-8)9-7(5)10/h5-6H,3-4H2,1-2H3,(H,9,10). The van der Waals surface area contributed by atoms with Crippen molar-refractivity contribution in [1.82, 2.24) is 5.32 Å². The Morgan fingerprint density at radius 3 is 2.60 bits per heavy atom. The first-order chi connectivity index (χ1) is 4.58. The molecule has 10 heavy (non-hydrogen) atoms. The highest BCUT2D eigenvalue weighted by molar-refractivity contribution is 5.86. The molecule has 0 bridgehead atoms. The number of β-lactam (4-membered cyclic amide) rings is 1. The van der Waals surface area contributed by atoms with E-state index in [4.69, 9.17) is 0 Å². The number of hydrogen-bond acceptors (Lipinski definition) is 1. The molecule has 0 aromatic rings. The van der Waals surface area contributed by atoms with Gasteiger partial charge in [-0.25, -0.2) is 0 Å². The summed E-state index contributed by atoms with van der Waals surface area (Å²) in [5.74, 6) is 0.630. The number of fused-ring (bicyclic) bond motifs is 1. The van der Waals surface area contributed by atoms with Gasteiger partial charge < -0.3 is 5.32 Å². The molecule has 1 N–H and O–H groups in total. The highest BCUT2D eigenvalue weighted by Gasteiger charge is 2.49. The average molecular weight is 139 g/mol. The van der Waals surface area contributed by atoms with Gasteiger partial charge in [-0.1, -0.05) is 13.8 Å². The van der Waals surface area contributed by atoms with Crippen molar-refractivity contribution in [3.05, 3.63) is 0 Å². The summed E-state index contributed by atoms with van der Waals surface area (Å²) < 4.78 is 0. The van der Waals surface area contributed by atoms with Crippen LogP contribution in [0.5, 0.6) is 0 Å². The van der Waals surface area contributed by atoms with Gasteiger partial charge in [0.2, 0.25) is 5.91 Å². The van der Waals surface area contributed by atoms with E-state index in [1.54, 1.807) is 0 Å². The van der Waals surface area contributed by atoms with Crippen molar-refractivity contribution in [3.8, 4) is 0 Å². The topological polar surface area (TPSA) is 29.1 Å². The molecule has 1 aliphatic heterocycles. The lowest BCUT2D eigenvalue weighted by atomic mass is 9.90. The molecule has 1 saturated carbocycles. The minimum atomic E-state index is 0.274. The van der Waals surface area contributed by atoms with E-state index in [0.29, 0.717) is 17.4 Å².